The average molecular weight is 520 g/mol. The van der Waals surface area contributed by atoms with Gasteiger partial charge in [0.2, 0.25) is 0 Å². The number of phenolic OH excluding ortho intramolecular Hbond substituents is 1. The Morgan fingerprint density at radius 3 is 2.29 bits per heavy atom. The summed E-state index contributed by atoms with van der Waals surface area (Å²) >= 11 is 0. The van der Waals surface area contributed by atoms with E-state index in [9.17, 15) is 23.1 Å². The van der Waals surface area contributed by atoms with Crippen LogP contribution in [0.25, 0.3) is 21.9 Å². The molecule has 0 atom stereocenters. The van der Waals surface area contributed by atoms with E-state index in [1.807, 2.05) is 0 Å². The van der Waals surface area contributed by atoms with Crippen LogP contribution in [0.1, 0.15) is 41.6 Å². The van der Waals surface area contributed by atoms with Gasteiger partial charge in [0.25, 0.3) is 0 Å². The number of ketones is 1. The Hall–Kier alpha value is -3.84. The van der Waals surface area contributed by atoms with Crippen LogP contribution in [-0.4, -0.2) is 42.0 Å². The van der Waals surface area contributed by atoms with E-state index in [4.69, 9.17) is 4.74 Å². The second kappa shape index (κ2) is 11.3. The zero-order valence-electron chi connectivity index (χ0n) is 20.9. The van der Waals surface area contributed by atoms with Crippen molar-refractivity contribution in [3.8, 4) is 22.6 Å². The second-order valence-electron chi connectivity index (χ2n) is 9.57. The van der Waals surface area contributed by atoms with E-state index in [1.165, 1.54) is 56.0 Å². The standard InChI is InChI=1S/C31H28F3NO3/c32-26-13-14-27(33)30(34)29(26)25-11-7-21-19-22(36)8-12-24(21)28(25)31(37)20-5-9-23(10-6-20)38-18-17-35-15-3-1-2-4-16-35/h5-14,19,36H,1-4,15-18H2. The van der Waals surface area contributed by atoms with E-state index in [-0.39, 0.29) is 22.4 Å². The molecule has 0 radical (unpaired) electrons. The molecule has 1 saturated heterocycles. The third kappa shape index (κ3) is 5.38. The predicted octanol–water partition coefficient (Wildman–Crippen LogP) is 7.12. The molecule has 4 aromatic carbocycles. The number of nitrogens with zero attached hydrogens (tertiary/aromatic N) is 1. The topological polar surface area (TPSA) is 49.8 Å². The predicted molar refractivity (Wildman–Crippen MR) is 141 cm³/mol. The molecule has 0 bridgehead atoms. The van der Waals surface area contributed by atoms with Crippen molar-refractivity contribution in [2.45, 2.75) is 25.7 Å². The van der Waals surface area contributed by atoms with Gasteiger partial charge in [-0.25, -0.2) is 13.2 Å². The molecule has 0 saturated carbocycles. The summed E-state index contributed by atoms with van der Waals surface area (Å²) in [7, 11) is 0. The van der Waals surface area contributed by atoms with Gasteiger partial charge >= 0.3 is 0 Å². The smallest absolute Gasteiger partial charge is 0.194 e. The number of rotatable bonds is 7. The molecule has 1 heterocycles. The van der Waals surface area contributed by atoms with Gasteiger partial charge in [0.1, 0.15) is 23.9 Å². The van der Waals surface area contributed by atoms with Gasteiger partial charge in [-0.15, -0.1) is 0 Å². The average Bonchev–Trinajstić information content (AvgIpc) is 3.20. The van der Waals surface area contributed by atoms with Crippen molar-refractivity contribution < 1.29 is 27.8 Å². The SMILES string of the molecule is O=C(c1ccc(OCCN2CCCCCC2)cc1)c1c(-c2c(F)ccc(F)c2F)ccc2cc(O)ccc12. The number of aromatic hydroxyl groups is 1. The first-order chi connectivity index (χ1) is 18.4. The molecule has 1 N–H and O–H groups in total. The molecule has 7 heteroatoms. The highest BCUT2D eigenvalue weighted by Gasteiger charge is 2.24. The van der Waals surface area contributed by atoms with Crippen LogP contribution in [0, 0.1) is 17.5 Å². The van der Waals surface area contributed by atoms with E-state index in [0.717, 1.165) is 25.7 Å². The van der Waals surface area contributed by atoms with Gasteiger partial charge in [0.15, 0.2) is 17.4 Å². The number of hydrogen-bond donors (Lipinski definition) is 1. The molecule has 0 spiro atoms. The quantitative estimate of drug-likeness (QED) is 0.209. The van der Waals surface area contributed by atoms with Gasteiger partial charge in [-0.05, 0) is 96.9 Å². The minimum Gasteiger partial charge on any atom is -0.508 e. The number of phenols is 1. The summed E-state index contributed by atoms with van der Waals surface area (Å²) in [6, 6.07) is 15.4. The van der Waals surface area contributed by atoms with Gasteiger partial charge in [-0.3, -0.25) is 9.69 Å². The minimum absolute atomic E-state index is 0.0146. The molecule has 4 aromatic rings. The molecule has 0 aromatic heterocycles. The van der Waals surface area contributed by atoms with Crippen LogP contribution in [0.4, 0.5) is 13.2 Å². The lowest BCUT2D eigenvalue weighted by Crippen LogP contribution is -2.29. The molecule has 38 heavy (non-hydrogen) atoms. The molecule has 0 amide bonds. The minimum atomic E-state index is -1.37. The van der Waals surface area contributed by atoms with Gasteiger partial charge in [0.05, 0.1) is 5.56 Å². The first-order valence-electron chi connectivity index (χ1n) is 12.8. The number of fused-ring (bicyclic) bond motifs is 1. The van der Waals surface area contributed by atoms with Crippen LogP contribution in [0.5, 0.6) is 11.5 Å². The van der Waals surface area contributed by atoms with Crippen LogP contribution in [0.3, 0.4) is 0 Å². The van der Waals surface area contributed by atoms with E-state index in [0.29, 0.717) is 29.2 Å². The maximum absolute atomic E-state index is 14.8. The number of hydrogen-bond acceptors (Lipinski definition) is 4. The van der Waals surface area contributed by atoms with Crippen molar-refractivity contribution in [2.24, 2.45) is 0 Å². The summed E-state index contributed by atoms with van der Waals surface area (Å²) in [6.45, 7) is 3.52. The van der Waals surface area contributed by atoms with Crippen LogP contribution >= 0.6 is 0 Å². The number of halogens is 3. The Morgan fingerprint density at radius 2 is 1.55 bits per heavy atom. The van der Waals surface area contributed by atoms with Gasteiger partial charge in [-0.2, -0.15) is 0 Å². The number of carbonyl (C=O) groups is 1. The second-order valence-corrected chi connectivity index (χ2v) is 9.57. The molecular formula is C31H28F3NO3. The van der Waals surface area contributed by atoms with Gasteiger partial charge in [-0.1, -0.05) is 25.0 Å². The highest BCUT2D eigenvalue weighted by molar-refractivity contribution is 6.20. The first kappa shape index (κ1) is 25.8. The van der Waals surface area contributed by atoms with Crippen molar-refractivity contribution in [1.82, 2.24) is 4.90 Å². The van der Waals surface area contributed by atoms with Gasteiger partial charge in [0, 0.05) is 17.7 Å². The zero-order valence-corrected chi connectivity index (χ0v) is 20.9. The zero-order chi connectivity index (χ0) is 26.6. The molecule has 4 nitrogen and oxygen atoms in total. The molecule has 1 aliphatic heterocycles. The number of benzene rings is 4. The monoisotopic (exact) mass is 519 g/mol. The Kier molecular flexibility index (Phi) is 7.65. The molecule has 5 rings (SSSR count). The lowest BCUT2D eigenvalue weighted by atomic mass is 9.89. The molecule has 1 aliphatic rings. The van der Waals surface area contributed by atoms with Crippen molar-refractivity contribution in [2.75, 3.05) is 26.2 Å². The van der Waals surface area contributed by atoms with E-state index in [2.05, 4.69) is 4.90 Å². The summed E-state index contributed by atoms with van der Waals surface area (Å²) in [4.78, 5) is 16.2. The first-order valence-corrected chi connectivity index (χ1v) is 12.8. The molecule has 0 aliphatic carbocycles. The third-order valence-corrected chi connectivity index (χ3v) is 7.04. The van der Waals surface area contributed by atoms with Crippen LogP contribution in [0.15, 0.2) is 66.7 Å². The Labute approximate surface area is 219 Å². The fourth-order valence-corrected chi connectivity index (χ4v) is 5.04. The van der Waals surface area contributed by atoms with Crippen molar-refractivity contribution in [1.29, 1.82) is 0 Å². The summed E-state index contributed by atoms with van der Waals surface area (Å²) in [6.07, 6.45) is 4.95. The number of carbonyl (C=O) groups excluding carboxylic acids is 1. The molecule has 1 fully saturated rings. The van der Waals surface area contributed by atoms with Gasteiger partial charge < -0.3 is 9.84 Å². The lowest BCUT2D eigenvalue weighted by molar-refractivity contribution is 0.104. The summed E-state index contributed by atoms with van der Waals surface area (Å²) in [5, 5.41) is 10.8. The maximum Gasteiger partial charge on any atom is 0.194 e. The van der Waals surface area contributed by atoms with Crippen molar-refractivity contribution >= 4 is 16.6 Å². The fourth-order valence-electron chi connectivity index (χ4n) is 5.04. The molecule has 0 unspecified atom stereocenters. The normalized spacial score (nSPS) is 14.4. The van der Waals surface area contributed by atoms with Crippen molar-refractivity contribution in [3.63, 3.8) is 0 Å². The summed E-state index contributed by atoms with van der Waals surface area (Å²) in [5.41, 5.74) is -0.387. The molecular weight excluding hydrogens is 491 g/mol. The fraction of sp³-hybridized carbons (Fsp3) is 0.258. The highest BCUT2D eigenvalue weighted by atomic mass is 19.2. The number of likely N-dealkylation sites (tertiary alicyclic amines) is 1. The van der Waals surface area contributed by atoms with Crippen LogP contribution in [0.2, 0.25) is 0 Å². The Bertz CT molecular complexity index is 1460. The largest absolute Gasteiger partial charge is 0.508 e. The van der Waals surface area contributed by atoms with E-state index >= 15 is 0 Å². The molecule has 196 valence electrons. The Balaban J connectivity index is 1.45. The lowest BCUT2D eigenvalue weighted by Gasteiger charge is -2.19. The van der Waals surface area contributed by atoms with Crippen molar-refractivity contribution in [3.05, 3.63) is 95.3 Å². The van der Waals surface area contributed by atoms with Crippen LogP contribution in [-0.2, 0) is 0 Å². The maximum atomic E-state index is 14.8. The Morgan fingerprint density at radius 1 is 0.842 bits per heavy atom. The van der Waals surface area contributed by atoms with E-state index in [1.54, 1.807) is 24.3 Å². The highest BCUT2D eigenvalue weighted by Crippen LogP contribution is 2.37. The van der Waals surface area contributed by atoms with Crippen LogP contribution < -0.4 is 4.74 Å². The summed E-state index contributed by atoms with van der Waals surface area (Å²) in [5.74, 6) is -3.47. The third-order valence-electron chi connectivity index (χ3n) is 7.04. The van der Waals surface area contributed by atoms with E-state index < -0.39 is 28.8 Å². The number of ether oxygens (including phenoxy) is 1. The summed E-state index contributed by atoms with van der Waals surface area (Å²) < 4.78 is 49.5.